The minimum atomic E-state index is 0.0882. The predicted molar refractivity (Wildman–Crippen MR) is 221 cm³/mol. The van der Waals surface area contributed by atoms with Crippen molar-refractivity contribution in [3.8, 4) is 22.4 Å². The van der Waals surface area contributed by atoms with Crippen LogP contribution in [0.15, 0.2) is 179 Å². The highest BCUT2D eigenvalue weighted by atomic mass is 32.2. The summed E-state index contributed by atoms with van der Waals surface area (Å²) in [7, 11) is 0. The van der Waals surface area contributed by atoms with E-state index in [2.05, 4.69) is 163 Å². The van der Waals surface area contributed by atoms with Gasteiger partial charge in [-0.15, -0.1) is 11.3 Å². The van der Waals surface area contributed by atoms with Crippen molar-refractivity contribution in [3.05, 3.63) is 185 Å². The van der Waals surface area contributed by atoms with E-state index in [1.807, 2.05) is 29.2 Å². The second-order valence-electron chi connectivity index (χ2n) is 13.4. The SMILES string of the molecule is c1ccc(C2=NC(c3ccc(-c4ccc(-c5nc6c7ccccc7ccc6c6c5sc5ccccc56)cc4)cc3)=C3Sc4ccccc4C3N2)cc1. The smallest absolute Gasteiger partial charge is 0.134 e. The van der Waals surface area contributed by atoms with Crippen molar-refractivity contribution in [2.75, 3.05) is 0 Å². The first-order valence-electron chi connectivity index (χ1n) is 17.5. The van der Waals surface area contributed by atoms with Crippen molar-refractivity contribution in [2.24, 2.45) is 4.99 Å². The number of nitrogens with zero attached hydrogens (tertiary/aromatic N) is 2. The zero-order chi connectivity index (χ0) is 34.2. The Balaban J connectivity index is 0.988. The highest BCUT2D eigenvalue weighted by molar-refractivity contribution is 8.03. The Morgan fingerprint density at radius 3 is 2.02 bits per heavy atom. The highest BCUT2D eigenvalue weighted by Crippen LogP contribution is 2.52. The van der Waals surface area contributed by atoms with Gasteiger partial charge in [0.15, 0.2) is 0 Å². The van der Waals surface area contributed by atoms with Gasteiger partial charge in [-0.25, -0.2) is 9.98 Å². The van der Waals surface area contributed by atoms with E-state index in [1.54, 1.807) is 0 Å². The maximum absolute atomic E-state index is 5.42. The Labute approximate surface area is 309 Å². The molecule has 7 aromatic carbocycles. The highest BCUT2D eigenvalue weighted by Gasteiger charge is 2.35. The Kier molecular flexibility index (Phi) is 6.72. The topological polar surface area (TPSA) is 37.3 Å². The van der Waals surface area contributed by atoms with Crippen molar-refractivity contribution in [1.29, 1.82) is 0 Å². The lowest BCUT2D eigenvalue weighted by molar-refractivity contribution is 0.767. The van der Waals surface area contributed by atoms with Crippen molar-refractivity contribution < 1.29 is 0 Å². The largest absolute Gasteiger partial charge is 0.358 e. The molecule has 2 aliphatic heterocycles. The molecule has 1 atom stereocenters. The van der Waals surface area contributed by atoms with Gasteiger partial charge in [-0.05, 0) is 34.2 Å². The molecule has 4 heterocycles. The zero-order valence-electron chi connectivity index (χ0n) is 27.9. The van der Waals surface area contributed by atoms with Crippen molar-refractivity contribution in [2.45, 2.75) is 10.9 Å². The third-order valence-corrected chi connectivity index (χ3v) is 12.8. The summed E-state index contributed by atoms with van der Waals surface area (Å²) in [6, 6.07) is 58.8. The number of nitrogens with one attached hydrogen (secondary N) is 1. The van der Waals surface area contributed by atoms with Crippen LogP contribution in [0.2, 0.25) is 0 Å². The number of pyridine rings is 1. The quantitative estimate of drug-likeness (QED) is 0.186. The van der Waals surface area contributed by atoms with Gasteiger partial charge in [-0.3, -0.25) is 0 Å². The van der Waals surface area contributed by atoms with Crippen LogP contribution in [0.25, 0.3) is 69.9 Å². The van der Waals surface area contributed by atoms with Gasteiger partial charge in [0.2, 0.25) is 0 Å². The van der Waals surface area contributed by atoms with Crippen molar-refractivity contribution in [1.82, 2.24) is 10.3 Å². The normalized spacial score (nSPS) is 15.2. The third-order valence-electron chi connectivity index (χ3n) is 10.4. The molecule has 9 aromatic rings. The Bertz CT molecular complexity index is 2940. The molecule has 0 amide bonds. The predicted octanol–water partition coefficient (Wildman–Crippen LogP) is 12.7. The van der Waals surface area contributed by atoms with Crippen LogP contribution in [0.5, 0.6) is 0 Å². The molecule has 2 aliphatic rings. The van der Waals surface area contributed by atoms with Gasteiger partial charge < -0.3 is 5.32 Å². The summed E-state index contributed by atoms with van der Waals surface area (Å²) in [5.74, 6) is 0.907. The molecular formula is C47H29N3S2. The molecule has 5 heteroatoms. The molecule has 1 N–H and O–H groups in total. The first-order chi connectivity index (χ1) is 25.8. The van der Waals surface area contributed by atoms with Crippen LogP contribution in [0.1, 0.15) is 22.7 Å². The van der Waals surface area contributed by atoms with Crippen LogP contribution < -0.4 is 5.32 Å². The summed E-state index contributed by atoms with van der Waals surface area (Å²) in [6.07, 6.45) is 0. The lowest BCUT2D eigenvalue weighted by Gasteiger charge is -2.25. The number of thiophene rings is 1. The third kappa shape index (κ3) is 4.67. The number of thioether (sulfide) groups is 1. The second-order valence-corrected chi connectivity index (χ2v) is 15.5. The number of rotatable bonds is 4. The van der Waals surface area contributed by atoms with Gasteiger partial charge in [0, 0.05) is 52.7 Å². The standard InChI is InChI=1S/C47H29N3S2/c1-2-11-33(12-3-1)47-49-42(46-44(50-47)36-15-7-9-17-39(36)52-46)32-24-20-29(21-25-32)28-18-22-31(23-19-28)41-45-40(35-14-6-8-16-38(35)51-45)37-27-26-30-10-4-5-13-34(30)43(37)48-41/h1-27,44H,(H,49,50). The fourth-order valence-corrected chi connectivity index (χ4v) is 10.3. The molecule has 11 rings (SSSR count). The molecule has 2 aromatic heterocycles. The molecule has 0 saturated carbocycles. The average Bonchev–Trinajstić information content (AvgIpc) is 3.80. The van der Waals surface area contributed by atoms with E-state index < -0.39 is 0 Å². The van der Waals surface area contributed by atoms with Crippen LogP contribution in [0.3, 0.4) is 0 Å². The Morgan fingerprint density at radius 1 is 0.519 bits per heavy atom. The summed E-state index contributed by atoms with van der Waals surface area (Å²) in [5, 5.41) is 9.94. The van der Waals surface area contributed by atoms with Crippen LogP contribution in [0, 0.1) is 0 Å². The van der Waals surface area contributed by atoms with Gasteiger partial charge in [-0.2, -0.15) is 0 Å². The number of fused-ring (bicyclic) bond motifs is 10. The van der Waals surface area contributed by atoms with E-state index in [0.717, 1.165) is 39.4 Å². The van der Waals surface area contributed by atoms with E-state index in [9.17, 15) is 0 Å². The van der Waals surface area contributed by atoms with Gasteiger partial charge >= 0.3 is 0 Å². The van der Waals surface area contributed by atoms with Crippen molar-refractivity contribution in [3.63, 3.8) is 0 Å². The van der Waals surface area contributed by atoms with Crippen LogP contribution in [-0.2, 0) is 0 Å². The monoisotopic (exact) mass is 699 g/mol. The molecule has 0 aliphatic carbocycles. The summed E-state index contributed by atoms with van der Waals surface area (Å²) in [5.41, 5.74) is 10.1. The summed E-state index contributed by atoms with van der Waals surface area (Å²) >= 11 is 3.66. The van der Waals surface area contributed by atoms with Gasteiger partial charge in [0.05, 0.1) is 27.6 Å². The number of amidine groups is 1. The summed E-state index contributed by atoms with van der Waals surface area (Å²) < 4.78 is 2.52. The molecule has 1 unspecified atom stereocenters. The molecule has 244 valence electrons. The van der Waals surface area contributed by atoms with E-state index in [4.69, 9.17) is 9.98 Å². The molecule has 0 saturated heterocycles. The maximum atomic E-state index is 5.42. The van der Waals surface area contributed by atoms with E-state index in [1.165, 1.54) is 62.8 Å². The van der Waals surface area contributed by atoms with Gasteiger partial charge in [-0.1, -0.05) is 163 Å². The molecule has 0 spiro atoms. The number of benzene rings is 7. The number of aliphatic imine (C=N–C) groups is 1. The molecule has 0 fully saturated rings. The minimum absolute atomic E-state index is 0.0882. The lowest BCUT2D eigenvalue weighted by Crippen LogP contribution is -2.32. The van der Waals surface area contributed by atoms with E-state index in [0.29, 0.717) is 0 Å². The molecular weight excluding hydrogens is 671 g/mol. The van der Waals surface area contributed by atoms with Crippen LogP contribution in [0.4, 0.5) is 0 Å². The lowest BCUT2D eigenvalue weighted by atomic mass is 9.97. The summed E-state index contributed by atoms with van der Waals surface area (Å²) in [4.78, 5) is 13.2. The molecule has 3 nitrogen and oxygen atoms in total. The van der Waals surface area contributed by atoms with Crippen LogP contribution >= 0.6 is 23.1 Å². The van der Waals surface area contributed by atoms with Crippen molar-refractivity contribution >= 4 is 76.5 Å². The fourth-order valence-electron chi connectivity index (χ4n) is 7.80. The second kappa shape index (κ2) is 11.8. The maximum Gasteiger partial charge on any atom is 0.134 e. The Hall–Kier alpha value is -6.01. The first-order valence-corrected chi connectivity index (χ1v) is 19.2. The fraction of sp³-hybridized carbons (Fsp3) is 0.0213. The number of hydrogen-bond acceptors (Lipinski definition) is 5. The molecule has 52 heavy (non-hydrogen) atoms. The molecule has 0 radical (unpaired) electrons. The first kappa shape index (κ1) is 29.7. The average molecular weight is 700 g/mol. The zero-order valence-corrected chi connectivity index (χ0v) is 29.5. The minimum Gasteiger partial charge on any atom is -0.358 e. The van der Waals surface area contributed by atoms with E-state index in [-0.39, 0.29) is 6.04 Å². The van der Waals surface area contributed by atoms with Gasteiger partial charge in [0.25, 0.3) is 0 Å². The summed E-state index contributed by atoms with van der Waals surface area (Å²) in [6.45, 7) is 0. The Morgan fingerprint density at radius 2 is 1.19 bits per heavy atom. The molecule has 0 bridgehead atoms. The number of hydrogen-bond donors (Lipinski definition) is 1. The van der Waals surface area contributed by atoms with Gasteiger partial charge in [0.1, 0.15) is 5.84 Å². The van der Waals surface area contributed by atoms with E-state index >= 15 is 0 Å². The number of aromatic nitrogens is 1. The van der Waals surface area contributed by atoms with Crippen LogP contribution in [-0.4, -0.2) is 10.8 Å².